The summed E-state index contributed by atoms with van der Waals surface area (Å²) < 4.78 is 27.7. The van der Waals surface area contributed by atoms with E-state index in [0.717, 1.165) is 4.47 Å². The maximum absolute atomic E-state index is 12.4. The average Bonchev–Trinajstić information content (AvgIpc) is 2.77. The van der Waals surface area contributed by atoms with Crippen molar-refractivity contribution in [3.05, 3.63) is 27.1 Å². The van der Waals surface area contributed by atoms with Crippen LogP contribution in [0, 0.1) is 5.92 Å². The van der Waals surface area contributed by atoms with E-state index >= 15 is 0 Å². The Morgan fingerprint density at radius 3 is 2.67 bits per heavy atom. The van der Waals surface area contributed by atoms with Gasteiger partial charge < -0.3 is 5.11 Å². The first-order valence-corrected chi connectivity index (χ1v) is 8.54. The molecule has 1 heterocycles. The maximum atomic E-state index is 12.4. The summed E-state index contributed by atoms with van der Waals surface area (Å²) in [6.45, 7) is 0.894. The van der Waals surface area contributed by atoms with Crippen LogP contribution in [-0.4, -0.2) is 37.5 Å². The van der Waals surface area contributed by atoms with Crippen LogP contribution in [0.1, 0.15) is 6.42 Å². The van der Waals surface area contributed by atoms with Crippen LogP contribution in [-0.2, 0) is 10.0 Å². The number of rotatable bonds is 3. The van der Waals surface area contributed by atoms with Crippen LogP contribution < -0.4 is 0 Å². The van der Waals surface area contributed by atoms with Gasteiger partial charge in [-0.3, -0.25) is 0 Å². The summed E-state index contributed by atoms with van der Waals surface area (Å²) in [6, 6.07) is 5.00. The molecule has 100 valence electrons. The van der Waals surface area contributed by atoms with E-state index in [0.29, 0.717) is 24.0 Å². The number of hydrogen-bond acceptors (Lipinski definition) is 3. The normalized spacial score (nSPS) is 21.4. The lowest BCUT2D eigenvalue weighted by Crippen LogP contribution is -2.29. The molecule has 0 amide bonds. The highest BCUT2D eigenvalue weighted by atomic mass is 79.9. The molecule has 1 saturated heterocycles. The summed E-state index contributed by atoms with van der Waals surface area (Å²) in [7, 11) is -3.47. The highest BCUT2D eigenvalue weighted by molar-refractivity contribution is 9.11. The van der Waals surface area contributed by atoms with Crippen molar-refractivity contribution in [3.8, 4) is 0 Å². The molecule has 0 bridgehead atoms. The number of hydrogen-bond donors (Lipinski definition) is 1. The minimum Gasteiger partial charge on any atom is -0.396 e. The van der Waals surface area contributed by atoms with Gasteiger partial charge in [0, 0.05) is 28.6 Å². The second kappa shape index (κ2) is 5.58. The topological polar surface area (TPSA) is 57.6 Å². The molecule has 0 saturated carbocycles. The van der Waals surface area contributed by atoms with Crippen molar-refractivity contribution >= 4 is 41.9 Å². The quantitative estimate of drug-likeness (QED) is 0.849. The Hall–Kier alpha value is 0.0500. The Morgan fingerprint density at radius 1 is 1.39 bits per heavy atom. The molecule has 1 unspecified atom stereocenters. The lowest BCUT2D eigenvalue weighted by Gasteiger charge is -2.17. The minimum atomic E-state index is -3.47. The molecule has 0 radical (unpaired) electrons. The van der Waals surface area contributed by atoms with E-state index < -0.39 is 10.0 Å². The van der Waals surface area contributed by atoms with E-state index in [1.807, 2.05) is 0 Å². The minimum absolute atomic E-state index is 0.0352. The van der Waals surface area contributed by atoms with Crippen LogP contribution in [0.2, 0.25) is 0 Å². The third-order valence-corrected chi connectivity index (χ3v) is 6.35. The Kier molecular flexibility index (Phi) is 4.48. The smallest absolute Gasteiger partial charge is 0.244 e. The van der Waals surface area contributed by atoms with Crippen molar-refractivity contribution in [1.82, 2.24) is 4.31 Å². The molecule has 1 fully saturated rings. The van der Waals surface area contributed by atoms with Gasteiger partial charge >= 0.3 is 0 Å². The predicted octanol–water partition coefficient (Wildman–Crippen LogP) is 2.21. The zero-order chi connectivity index (χ0) is 13.3. The van der Waals surface area contributed by atoms with Gasteiger partial charge in [-0.05, 0) is 46.5 Å². The van der Waals surface area contributed by atoms with Crippen molar-refractivity contribution in [2.24, 2.45) is 5.92 Å². The molecule has 0 aromatic heterocycles. The van der Waals surface area contributed by atoms with Crippen molar-refractivity contribution in [2.45, 2.75) is 11.3 Å². The third kappa shape index (κ3) is 2.80. The number of halogens is 2. The van der Waals surface area contributed by atoms with E-state index in [1.165, 1.54) is 4.31 Å². The molecular weight excluding hydrogens is 386 g/mol. The van der Waals surface area contributed by atoms with Gasteiger partial charge in [0.05, 0.1) is 4.90 Å². The van der Waals surface area contributed by atoms with Crippen molar-refractivity contribution in [2.75, 3.05) is 19.7 Å². The zero-order valence-electron chi connectivity index (χ0n) is 9.51. The third-order valence-electron chi connectivity index (χ3n) is 3.02. The summed E-state index contributed by atoms with van der Waals surface area (Å²) in [5, 5.41) is 9.07. The van der Waals surface area contributed by atoms with Crippen molar-refractivity contribution in [3.63, 3.8) is 0 Å². The lowest BCUT2D eigenvalue weighted by atomic mass is 10.1. The first-order valence-electron chi connectivity index (χ1n) is 5.51. The van der Waals surface area contributed by atoms with Gasteiger partial charge in [-0.2, -0.15) is 4.31 Å². The number of sulfonamides is 1. The van der Waals surface area contributed by atoms with E-state index in [4.69, 9.17) is 5.11 Å². The van der Waals surface area contributed by atoms with E-state index in [2.05, 4.69) is 31.9 Å². The number of benzene rings is 1. The Labute approximate surface area is 123 Å². The molecule has 1 atom stereocenters. The molecule has 1 aliphatic heterocycles. The highest BCUT2D eigenvalue weighted by Gasteiger charge is 2.33. The Bertz CT molecular complexity index is 547. The van der Waals surface area contributed by atoms with Crippen LogP contribution >= 0.6 is 31.9 Å². The van der Waals surface area contributed by atoms with E-state index in [9.17, 15) is 8.42 Å². The van der Waals surface area contributed by atoms with Crippen LogP contribution in [0.3, 0.4) is 0 Å². The summed E-state index contributed by atoms with van der Waals surface area (Å²) in [5.74, 6) is 0.0500. The van der Waals surface area contributed by atoms with Gasteiger partial charge in [-0.25, -0.2) is 8.42 Å². The second-order valence-electron chi connectivity index (χ2n) is 4.28. The molecule has 1 aliphatic rings. The highest BCUT2D eigenvalue weighted by Crippen LogP contribution is 2.30. The molecule has 1 aromatic rings. The molecule has 0 spiro atoms. The lowest BCUT2D eigenvalue weighted by molar-refractivity contribution is 0.233. The van der Waals surface area contributed by atoms with Gasteiger partial charge in [0.25, 0.3) is 0 Å². The fourth-order valence-electron chi connectivity index (χ4n) is 1.99. The van der Waals surface area contributed by atoms with Crippen molar-refractivity contribution in [1.29, 1.82) is 0 Å². The van der Waals surface area contributed by atoms with E-state index in [-0.39, 0.29) is 17.4 Å². The zero-order valence-corrected chi connectivity index (χ0v) is 13.5. The van der Waals surface area contributed by atoms with Gasteiger partial charge in [0.2, 0.25) is 10.0 Å². The van der Waals surface area contributed by atoms with Gasteiger partial charge in [0.1, 0.15) is 0 Å². The largest absolute Gasteiger partial charge is 0.396 e. The van der Waals surface area contributed by atoms with Crippen LogP contribution in [0.5, 0.6) is 0 Å². The summed E-state index contributed by atoms with van der Waals surface area (Å²) in [5.41, 5.74) is 0. The van der Waals surface area contributed by atoms with Gasteiger partial charge in [0.15, 0.2) is 0 Å². The molecule has 0 aliphatic carbocycles. The fraction of sp³-hybridized carbons (Fsp3) is 0.455. The monoisotopic (exact) mass is 397 g/mol. The predicted molar refractivity (Wildman–Crippen MR) is 75.8 cm³/mol. The number of aliphatic hydroxyl groups excluding tert-OH is 1. The maximum Gasteiger partial charge on any atom is 0.244 e. The fourth-order valence-corrected chi connectivity index (χ4v) is 5.23. The molecule has 1 aromatic carbocycles. The SMILES string of the molecule is O=S(=O)(c1ccc(Br)cc1Br)N1CCC(CO)C1. The molecule has 1 N–H and O–H groups in total. The van der Waals surface area contributed by atoms with Gasteiger partial charge in [-0.1, -0.05) is 15.9 Å². The van der Waals surface area contributed by atoms with Crippen LogP contribution in [0.25, 0.3) is 0 Å². The number of nitrogens with zero attached hydrogens (tertiary/aromatic N) is 1. The first kappa shape index (κ1) is 14.5. The first-order chi connectivity index (χ1) is 8.45. The summed E-state index contributed by atoms with van der Waals surface area (Å²) >= 11 is 6.57. The standard InChI is InChI=1S/C11H13Br2NO3S/c12-9-1-2-11(10(13)5-9)18(16,17)14-4-3-8(6-14)7-15/h1-2,5,8,15H,3-4,6-7H2. The Morgan fingerprint density at radius 2 is 2.11 bits per heavy atom. The Balaban J connectivity index is 2.31. The molecule has 2 rings (SSSR count). The summed E-state index contributed by atoms with van der Waals surface area (Å²) in [6.07, 6.45) is 0.712. The van der Waals surface area contributed by atoms with Crippen LogP contribution in [0.4, 0.5) is 0 Å². The summed E-state index contributed by atoms with van der Waals surface area (Å²) in [4.78, 5) is 0.268. The molecular formula is C11H13Br2NO3S. The molecule has 4 nitrogen and oxygen atoms in total. The van der Waals surface area contributed by atoms with E-state index in [1.54, 1.807) is 18.2 Å². The molecule has 7 heteroatoms. The second-order valence-corrected chi connectivity index (χ2v) is 7.95. The number of aliphatic hydroxyl groups is 1. The van der Waals surface area contributed by atoms with Gasteiger partial charge in [-0.15, -0.1) is 0 Å². The average molecular weight is 399 g/mol. The van der Waals surface area contributed by atoms with Crippen LogP contribution in [0.15, 0.2) is 32.0 Å². The van der Waals surface area contributed by atoms with Crippen molar-refractivity contribution < 1.29 is 13.5 Å². The molecule has 18 heavy (non-hydrogen) atoms.